The van der Waals surface area contributed by atoms with Crippen LogP contribution in [-0.4, -0.2) is 36.4 Å². The average molecular weight is 281 g/mol. The summed E-state index contributed by atoms with van der Waals surface area (Å²) in [7, 11) is 1.57. The molecule has 1 unspecified atom stereocenters. The fourth-order valence-corrected chi connectivity index (χ4v) is 1.55. The van der Waals surface area contributed by atoms with Gasteiger partial charge in [0.1, 0.15) is 5.60 Å². The van der Waals surface area contributed by atoms with Crippen molar-refractivity contribution in [3.8, 4) is 5.88 Å². The highest BCUT2D eigenvalue weighted by molar-refractivity contribution is 5.67. The van der Waals surface area contributed by atoms with Crippen LogP contribution in [0.3, 0.4) is 0 Å². The van der Waals surface area contributed by atoms with Crippen molar-refractivity contribution in [2.24, 2.45) is 5.73 Å². The third-order valence-electron chi connectivity index (χ3n) is 2.37. The van der Waals surface area contributed by atoms with Gasteiger partial charge in [0.2, 0.25) is 5.88 Å². The predicted octanol–water partition coefficient (Wildman–Crippen LogP) is 1.48. The molecule has 0 aromatic carbocycles. The number of amides is 1. The molecule has 1 atom stereocenters. The van der Waals surface area contributed by atoms with Crippen LogP contribution >= 0.6 is 0 Å². The second-order valence-corrected chi connectivity index (χ2v) is 5.52. The molecule has 0 aliphatic rings. The van der Waals surface area contributed by atoms with Gasteiger partial charge in [-0.05, 0) is 26.8 Å². The minimum Gasteiger partial charge on any atom is -0.481 e. The highest BCUT2D eigenvalue weighted by atomic mass is 16.6. The first-order chi connectivity index (χ1) is 9.30. The second-order valence-electron chi connectivity index (χ2n) is 5.52. The van der Waals surface area contributed by atoms with Gasteiger partial charge in [-0.3, -0.25) is 0 Å². The maximum atomic E-state index is 11.5. The molecule has 20 heavy (non-hydrogen) atoms. The van der Waals surface area contributed by atoms with Gasteiger partial charge in [0.05, 0.1) is 7.11 Å². The average Bonchev–Trinajstić information content (AvgIpc) is 2.34. The van der Waals surface area contributed by atoms with Crippen LogP contribution in [0.5, 0.6) is 5.88 Å². The molecule has 0 aliphatic heterocycles. The quantitative estimate of drug-likeness (QED) is 0.853. The number of alkyl carbamates (subject to hydrolysis) is 1. The van der Waals surface area contributed by atoms with Gasteiger partial charge in [0.15, 0.2) is 0 Å². The number of methoxy groups -OCH3 is 1. The topological polar surface area (TPSA) is 86.5 Å². The van der Waals surface area contributed by atoms with Gasteiger partial charge in [0.25, 0.3) is 0 Å². The summed E-state index contributed by atoms with van der Waals surface area (Å²) in [5.41, 5.74) is 6.27. The van der Waals surface area contributed by atoms with Crippen LogP contribution in [0.25, 0.3) is 0 Å². The van der Waals surface area contributed by atoms with Crippen LogP contribution in [-0.2, 0) is 11.2 Å². The van der Waals surface area contributed by atoms with Crippen LogP contribution in [0.15, 0.2) is 18.2 Å². The number of nitrogens with one attached hydrogen (secondary N) is 1. The van der Waals surface area contributed by atoms with Crippen molar-refractivity contribution in [1.82, 2.24) is 10.3 Å². The van der Waals surface area contributed by atoms with E-state index in [-0.39, 0.29) is 6.04 Å². The van der Waals surface area contributed by atoms with Gasteiger partial charge < -0.3 is 20.5 Å². The molecule has 1 heterocycles. The van der Waals surface area contributed by atoms with E-state index < -0.39 is 11.7 Å². The van der Waals surface area contributed by atoms with Gasteiger partial charge in [-0.15, -0.1) is 0 Å². The normalized spacial score (nSPS) is 12.7. The molecule has 1 aromatic heterocycles. The standard InChI is InChI=1S/C14H23N3O3/c1-14(2,3)20-13(18)16-9-10(15)8-11-6-5-7-12(17-11)19-4/h5-7,10H,8-9,15H2,1-4H3,(H,16,18). The molecule has 112 valence electrons. The van der Waals surface area contributed by atoms with E-state index in [9.17, 15) is 4.79 Å². The lowest BCUT2D eigenvalue weighted by molar-refractivity contribution is 0.0524. The van der Waals surface area contributed by atoms with Crippen molar-refractivity contribution in [3.05, 3.63) is 23.9 Å². The number of pyridine rings is 1. The number of nitrogens with two attached hydrogens (primary N) is 1. The number of carbonyl (C=O) groups excluding carboxylic acids is 1. The van der Waals surface area contributed by atoms with Crippen molar-refractivity contribution < 1.29 is 14.3 Å². The third kappa shape index (κ3) is 6.38. The van der Waals surface area contributed by atoms with E-state index >= 15 is 0 Å². The Morgan fingerprint density at radius 3 is 2.75 bits per heavy atom. The molecule has 3 N–H and O–H groups in total. The Morgan fingerprint density at radius 2 is 2.15 bits per heavy atom. The molecule has 0 radical (unpaired) electrons. The summed E-state index contributed by atoms with van der Waals surface area (Å²) in [6, 6.07) is 5.26. The lowest BCUT2D eigenvalue weighted by atomic mass is 10.1. The molecule has 0 bridgehead atoms. The van der Waals surface area contributed by atoms with Gasteiger partial charge in [-0.2, -0.15) is 0 Å². The first-order valence-electron chi connectivity index (χ1n) is 6.52. The molecule has 0 saturated heterocycles. The number of hydrogen-bond donors (Lipinski definition) is 2. The number of carbonyl (C=O) groups is 1. The fourth-order valence-electron chi connectivity index (χ4n) is 1.55. The Bertz CT molecular complexity index is 444. The van der Waals surface area contributed by atoms with Crippen molar-refractivity contribution in [3.63, 3.8) is 0 Å². The number of rotatable bonds is 5. The monoisotopic (exact) mass is 281 g/mol. The van der Waals surface area contributed by atoms with E-state index in [2.05, 4.69) is 10.3 Å². The molecule has 1 aromatic rings. The lowest BCUT2D eigenvalue weighted by Gasteiger charge is -2.20. The zero-order chi connectivity index (χ0) is 15.2. The fraction of sp³-hybridized carbons (Fsp3) is 0.571. The lowest BCUT2D eigenvalue weighted by Crippen LogP contribution is -2.41. The van der Waals surface area contributed by atoms with Crippen LogP contribution in [0.2, 0.25) is 0 Å². The van der Waals surface area contributed by atoms with E-state index in [1.807, 2.05) is 32.9 Å². The number of ether oxygens (including phenoxy) is 2. The van der Waals surface area contributed by atoms with Crippen LogP contribution in [0.1, 0.15) is 26.5 Å². The minimum absolute atomic E-state index is 0.234. The van der Waals surface area contributed by atoms with E-state index in [4.69, 9.17) is 15.2 Å². The molecule has 1 rings (SSSR count). The first kappa shape index (κ1) is 16.2. The molecular weight excluding hydrogens is 258 g/mol. The molecule has 1 amide bonds. The highest BCUT2D eigenvalue weighted by Gasteiger charge is 2.16. The predicted molar refractivity (Wildman–Crippen MR) is 76.7 cm³/mol. The van der Waals surface area contributed by atoms with Gasteiger partial charge >= 0.3 is 6.09 Å². The third-order valence-corrected chi connectivity index (χ3v) is 2.37. The van der Waals surface area contributed by atoms with E-state index in [1.165, 1.54) is 0 Å². The maximum Gasteiger partial charge on any atom is 0.407 e. The SMILES string of the molecule is COc1cccc(CC(N)CNC(=O)OC(C)(C)C)n1. The van der Waals surface area contributed by atoms with Crippen LogP contribution in [0, 0.1) is 0 Å². The van der Waals surface area contributed by atoms with E-state index in [1.54, 1.807) is 13.2 Å². The summed E-state index contributed by atoms with van der Waals surface area (Å²) in [4.78, 5) is 15.8. The summed E-state index contributed by atoms with van der Waals surface area (Å²) in [5.74, 6) is 0.551. The maximum absolute atomic E-state index is 11.5. The second kappa shape index (κ2) is 7.09. The summed E-state index contributed by atoms with van der Waals surface area (Å²) in [6.07, 6.45) is 0.0825. The molecule has 6 nitrogen and oxygen atoms in total. The van der Waals surface area contributed by atoms with Gasteiger partial charge in [0, 0.05) is 30.8 Å². The minimum atomic E-state index is -0.511. The smallest absolute Gasteiger partial charge is 0.407 e. The molecule has 6 heteroatoms. The van der Waals surface area contributed by atoms with E-state index in [0.717, 1.165) is 5.69 Å². The van der Waals surface area contributed by atoms with Crippen molar-refractivity contribution in [2.75, 3.05) is 13.7 Å². The number of nitrogens with zero attached hydrogens (tertiary/aromatic N) is 1. The zero-order valence-electron chi connectivity index (χ0n) is 12.5. The Hall–Kier alpha value is -1.82. The van der Waals surface area contributed by atoms with Crippen molar-refractivity contribution in [2.45, 2.75) is 38.8 Å². The Morgan fingerprint density at radius 1 is 1.45 bits per heavy atom. The largest absolute Gasteiger partial charge is 0.481 e. The number of hydrogen-bond acceptors (Lipinski definition) is 5. The van der Waals surface area contributed by atoms with Crippen LogP contribution in [0.4, 0.5) is 4.79 Å². The summed E-state index contributed by atoms with van der Waals surface area (Å²) < 4.78 is 10.2. The highest BCUT2D eigenvalue weighted by Crippen LogP contribution is 2.08. The van der Waals surface area contributed by atoms with Gasteiger partial charge in [-0.25, -0.2) is 9.78 Å². The van der Waals surface area contributed by atoms with Crippen molar-refractivity contribution >= 4 is 6.09 Å². The Labute approximate surface area is 119 Å². The molecule has 0 saturated carbocycles. The first-order valence-corrected chi connectivity index (χ1v) is 6.52. The molecule has 0 fully saturated rings. The van der Waals surface area contributed by atoms with Gasteiger partial charge in [-0.1, -0.05) is 6.07 Å². The Kier molecular flexibility index (Phi) is 5.76. The summed E-state index contributed by atoms with van der Waals surface area (Å²) in [5, 5.41) is 2.64. The summed E-state index contributed by atoms with van der Waals surface area (Å²) >= 11 is 0. The summed E-state index contributed by atoms with van der Waals surface area (Å²) in [6.45, 7) is 5.76. The van der Waals surface area contributed by atoms with E-state index in [0.29, 0.717) is 18.8 Å². The molecular formula is C14H23N3O3. The van der Waals surface area contributed by atoms with Crippen molar-refractivity contribution in [1.29, 1.82) is 0 Å². The molecule has 0 aliphatic carbocycles. The number of aromatic nitrogens is 1. The molecule has 0 spiro atoms. The van der Waals surface area contributed by atoms with Crippen LogP contribution < -0.4 is 15.8 Å². The Balaban J connectivity index is 2.40. The zero-order valence-corrected chi connectivity index (χ0v) is 12.5.